The van der Waals surface area contributed by atoms with Gasteiger partial charge in [-0.1, -0.05) is 35.1 Å². The lowest BCUT2D eigenvalue weighted by molar-refractivity contribution is 0.0951. The van der Waals surface area contributed by atoms with Crippen LogP contribution in [0.5, 0.6) is 5.75 Å². The van der Waals surface area contributed by atoms with Crippen molar-refractivity contribution in [3.05, 3.63) is 64.1 Å². The molecule has 0 bridgehead atoms. The number of halogens is 1. The molecule has 1 heterocycles. The summed E-state index contributed by atoms with van der Waals surface area (Å²) in [5.41, 5.74) is 2.78. The summed E-state index contributed by atoms with van der Waals surface area (Å²) in [4.78, 5) is 12.7. The molecule has 1 aliphatic rings. The monoisotopic (exact) mass is 492 g/mol. The molecule has 0 atom stereocenters. The van der Waals surface area contributed by atoms with Crippen molar-refractivity contribution in [1.29, 1.82) is 0 Å². The van der Waals surface area contributed by atoms with Gasteiger partial charge in [-0.2, -0.15) is 0 Å². The molecule has 1 saturated carbocycles. The summed E-state index contributed by atoms with van der Waals surface area (Å²) in [6, 6.07) is 11.5. The number of sulfonamides is 1. The molecular weight excluding hydrogens is 472 g/mol. The highest BCUT2D eigenvalue weighted by molar-refractivity contribution is 7.93. The zero-order chi connectivity index (χ0) is 22.7. The van der Waals surface area contributed by atoms with E-state index in [1.54, 1.807) is 42.5 Å². The van der Waals surface area contributed by atoms with Gasteiger partial charge in [-0.05, 0) is 55.2 Å². The molecule has 0 unspecified atom stereocenters. The van der Waals surface area contributed by atoms with Crippen LogP contribution in [-0.4, -0.2) is 44.2 Å². The highest BCUT2D eigenvalue weighted by Crippen LogP contribution is 2.37. The largest absolute Gasteiger partial charge is 0.496 e. The predicted octanol–water partition coefficient (Wildman–Crippen LogP) is 3.53. The molecule has 1 aliphatic carbocycles. The minimum absolute atomic E-state index is 0.0636. The van der Waals surface area contributed by atoms with Gasteiger partial charge in [0.2, 0.25) is 5.13 Å². The first-order valence-electron chi connectivity index (χ1n) is 9.91. The van der Waals surface area contributed by atoms with Gasteiger partial charge in [0, 0.05) is 17.6 Å². The van der Waals surface area contributed by atoms with Crippen molar-refractivity contribution >= 4 is 44.0 Å². The second-order valence-corrected chi connectivity index (χ2v) is 10.3. The lowest BCUT2D eigenvalue weighted by Gasteiger charge is -2.20. The minimum atomic E-state index is -3.71. The standard InChI is InChI=1S/C21H21ClN4O4S2/c1-30-19-9-4-15(22)12-18(19)20(27)23-11-10-14-2-7-17(8-3-14)32(28,29)26(16-5-6-16)21-25-24-13-31-21/h2-4,7-9,12-13,16H,5-6,10-11H2,1H3,(H,23,27). The number of nitrogens with one attached hydrogen (secondary N) is 1. The van der Waals surface area contributed by atoms with E-state index in [4.69, 9.17) is 16.3 Å². The smallest absolute Gasteiger partial charge is 0.266 e. The maximum absolute atomic E-state index is 13.2. The van der Waals surface area contributed by atoms with E-state index in [2.05, 4.69) is 15.5 Å². The van der Waals surface area contributed by atoms with E-state index in [9.17, 15) is 13.2 Å². The van der Waals surface area contributed by atoms with Crippen molar-refractivity contribution in [2.75, 3.05) is 18.0 Å². The van der Waals surface area contributed by atoms with Crippen LogP contribution in [-0.2, 0) is 16.4 Å². The van der Waals surface area contributed by atoms with Crippen LogP contribution < -0.4 is 14.4 Å². The molecule has 1 amide bonds. The molecule has 8 nitrogen and oxygen atoms in total. The number of hydrogen-bond donors (Lipinski definition) is 1. The second-order valence-electron chi connectivity index (χ2n) is 7.25. The van der Waals surface area contributed by atoms with Gasteiger partial charge in [0.25, 0.3) is 15.9 Å². The van der Waals surface area contributed by atoms with E-state index in [0.29, 0.717) is 34.4 Å². The Bertz CT molecular complexity index is 1200. The van der Waals surface area contributed by atoms with Gasteiger partial charge in [0.1, 0.15) is 11.3 Å². The highest BCUT2D eigenvalue weighted by atomic mass is 35.5. The Balaban J connectivity index is 1.40. The number of benzene rings is 2. The second kappa shape index (κ2) is 9.43. The number of aromatic nitrogens is 2. The average molecular weight is 493 g/mol. The van der Waals surface area contributed by atoms with Crippen LogP contribution in [0.3, 0.4) is 0 Å². The first-order chi connectivity index (χ1) is 15.4. The molecule has 32 heavy (non-hydrogen) atoms. The molecule has 1 aromatic heterocycles. The quantitative estimate of drug-likeness (QED) is 0.490. The third kappa shape index (κ3) is 4.87. The summed E-state index contributed by atoms with van der Waals surface area (Å²) in [6.07, 6.45) is 2.17. The Morgan fingerprint density at radius 2 is 2.00 bits per heavy atom. The van der Waals surface area contributed by atoms with Gasteiger partial charge in [0.05, 0.1) is 17.6 Å². The Morgan fingerprint density at radius 1 is 1.25 bits per heavy atom. The van der Waals surface area contributed by atoms with Crippen LogP contribution in [0.25, 0.3) is 0 Å². The number of anilines is 1. The normalized spacial score (nSPS) is 13.6. The minimum Gasteiger partial charge on any atom is -0.496 e. The summed E-state index contributed by atoms with van der Waals surface area (Å²) >= 11 is 7.19. The summed E-state index contributed by atoms with van der Waals surface area (Å²) in [6.45, 7) is 0.375. The van der Waals surface area contributed by atoms with Gasteiger partial charge in [-0.15, -0.1) is 10.2 Å². The summed E-state index contributed by atoms with van der Waals surface area (Å²) < 4.78 is 32.9. The van der Waals surface area contributed by atoms with Crippen molar-refractivity contribution in [3.63, 3.8) is 0 Å². The molecule has 11 heteroatoms. The van der Waals surface area contributed by atoms with Gasteiger partial charge >= 0.3 is 0 Å². The van der Waals surface area contributed by atoms with Crippen molar-refractivity contribution in [3.8, 4) is 5.75 Å². The van der Waals surface area contributed by atoms with Crippen LogP contribution in [0.2, 0.25) is 5.02 Å². The maximum Gasteiger partial charge on any atom is 0.266 e. The van der Waals surface area contributed by atoms with Crippen LogP contribution in [0.4, 0.5) is 5.13 Å². The third-order valence-corrected chi connectivity index (χ3v) is 7.90. The molecule has 1 fully saturated rings. The Morgan fingerprint density at radius 3 is 2.62 bits per heavy atom. The highest BCUT2D eigenvalue weighted by Gasteiger charge is 2.40. The number of nitrogens with zero attached hydrogens (tertiary/aromatic N) is 3. The Labute approximate surface area is 195 Å². The number of rotatable bonds is 9. The van der Waals surface area contributed by atoms with Gasteiger partial charge < -0.3 is 10.1 Å². The number of carbonyl (C=O) groups excluding carboxylic acids is 1. The number of ether oxygens (including phenoxy) is 1. The molecule has 4 rings (SSSR count). The number of methoxy groups -OCH3 is 1. The van der Waals surface area contributed by atoms with E-state index in [-0.39, 0.29) is 16.8 Å². The topological polar surface area (TPSA) is 101 Å². The maximum atomic E-state index is 13.2. The summed E-state index contributed by atoms with van der Waals surface area (Å²) in [7, 11) is -2.22. The fourth-order valence-electron chi connectivity index (χ4n) is 3.24. The van der Waals surface area contributed by atoms with E-state index < -0.39 is 10.0 Å². The molecule has 2 aromatic carbocycles. The number of carbonyl (C=O) groups is 1. The molecule has 3 aromatic rings. The van der Waals surface area contributed by atoms with E-state index in [1.807, 2.05) is 0 Å². The summed E-state index contributed by atoms with van der Waals surface area (Å²) in [5.74, 6) is 0.151. The fourth-order valence-corrected chi connectivity index (χ4v) is 5.93. The van der Waals surface area contributed by atoms with Crippen molar-refractivity contribution in [2.45, 2.75) is 30.2 Å². The first kappa shape index (κ1) is 22.5. The number of hydrogen-bond acceptors (Lipinski definition) is 7. The fraction of sp³-hybridized carbons (Fsp3) is 0.286. The number of amides is 1. The van der Waals surface area contributed by atoms with Crippen LogP contribution in [0.1, 0.15) is 28.8 Å². The molecule has 1 N–H and O–H groups in total. The van der Waals surface area contributed by atoms with Gasteiger partial charge in [-0.3, -0.25) is 4.79 Å². The molecule has 0 spiro atoms. The zero-order valence-electron chi connectivity index (χ0n) is 17.2. The molecule has 0 aliphatic heterocycles. The molecule has 0 saturated heterocycles. The lowest BCUT2D eigenvalue weighted by atomic mass is 10.1. The van der Waals surface area contributed by atoms with Gasteiger partial charge in [-0.25, -0.2) is 12.7 Å². The van der Waals surface area contributed by atoms with E-state index >= 15 is 0 Å². The van der Waals surface area contributed by atoms with E-state index in [1.165, 1.54) is 28.3 Å². The molecule has 0 radical (unpaired) electrons. The zero-order valence-corrected chi connectivity index (χ0v) is 19.6. The Hall–Kier alpha value is -2.69. The van der Waals surface area contributed by atoms with Crippen LogP contribution in [0.15, 0.2) is 52.9 Å². The van der Waals surface area contributed by atoms with Crippen molar-refractivity contribution < 1.29 is 17.9 Å². The van der Waals surface area contributed by atoms with Crippen molar-refractivity contribution in [1.82, 2.24) is 15.5 Å². The van der Waals surface area contributed by atoms with Crippen LogP contribution in [0, 0.1) is 0 Å². The van der Waals surface area contributed by atoms with E-state index in [0.717, 1.165) is 18.4 Å². The third-order valence-electron chi connectivity index (χ3n) is 5.00. The average Bonchev–Trinajstić information content (AvgIpc) is 3.46. The first-order valence-corrected chi connectivity index (χ1v) is 12.6. The predicted molar refractivity (Wildman–Crippen MR) is 123 cm³/mol. The lowest BCUT2D eigenvalue weighted by Crippen LogP contribution is -2.33. The van der Waals surface area contributed by atoms with Crippen molar-refractivity contribution in [2.24, 2.45) is 0 Å². The molecule has 168 valence electrons. The molecular formula is C21H21ClN4O4S2. The SMILES string of the molecule is COc1ccc(Cl)cc1C(=O)NCCc1ccc(S(=O)(=O)N(c2nncs2)C2CC2)cc1. The van der Waals surface area contributed by atoms with Crippen LogP contribution >= 0.6 is 22.9 Å². The van der Waals surface area contributed by atoms with Gasteiger partial charge in [0.15, 0.2) is 0 Å². The summed E-state index contributed by atoms with van der Waals surface area (Å²) in [5, 5.41) is 11.4. The Kier molecular flexibility index (Phi) is 6.63.